The zero-order valence-corrected chi connectivity index (χ0v) is 9.71. The number of aromatic nitrogens is 1. The third-order valence-corrected chi connectivity index (χ3v) is 2.20. The van der Waals surface area contributed by atoms with E-state index in [9.17, 15) is 4.79 Å². The van der Waals surface area contributed by atoms with Gasteiger partial charge in [0.05, 0.1) is 6.10 Å². The van der Waals surface area contributed by atoms with Crippen LogP contribution in [0.4, 0.5) is 0 Å². The van der Waals surface area contributed by atoms with Gasteiger partial charge in [-0.1, -0.05) is 0 Å². The third kappa shape index (κ3) is 2.85. The molecule has 1 aromatic heterocycles. The average molecular weight is 261 g/mol. The van der Waals surface area contributed by atoms with Gasteiger partial charge >= 0.3 is 0 Å². The molecule has 0 spiro atoms. The van der Waals surface area contributed by atoms with Crippen LogP contribution in [0.5, 0.6) is 0 Å². The SMILES string of the molecule is CC(O)CNC(=O)c1cc(Br)cn1C. The summed E-state index contributed by atoms with van der Waals surface area (Å²) in [7, 11) is 1.79. The Morgan fingerprint density at radius 1 is 1.79 bits per heavy atom. The van der Waals surface area contributed by atoms with E-state index in [1.807, 2.05) is 0 Å². The molecular weight excluding hydrogens is 248 g/mol. The number of nitrogens with one attached hydrogen (secondary N) is 1. The quantitative estimate of drug-likeness (QED) is 0.849. The first-order valence-electron chi connectivity index (χ1n) is 4.29. The minimum absolute atomic E-state index is 0.181. The smallest absolute Gasteiger partial charge is 0.268 e. The lowest BCUT2D eigenvalue weighted by atomic mass is 10.3. The fourth-order valence-corrected chi connectivity index (χ4v) is 1.60. The zero-order chi connectivity index (χ0) is 10.7. The molecule has 0 bridgehead atoms. The van der Waals surface area contributed by atoms with E-state index in [2.05, 4.69) is 21.2 Å². The molecule has 78 valence electrons. The zero-order valence-electron chi connectivity index (χ0n) is 8.12. The topological polar surface area (TPSA) is 54.3 Å². The lowest BCUT2D eigenvalue weighted by molar-refractivity contribution is 0.0916. The largest absolute Gasteiger partial charge is 0.392 e. The average Bonchev–Trinajstić information content (AvgIpc) is 2.41. The van der Waals surface area contributed by atoms with Crippen molar-refractivity contribution in [2.75, 3.05) is 6.54 Å². The number of hydrogen-bond acceptors (Lipinski definition) is 2. The van der Waals surface area contributed by atoms with Gasteiger partial charge in [-0.3, -0.25) is 4.79 Å². The van der Waals surface area contributed by atoms with E-state index in [0.29, 0.717) is 5.69 Å². The van der Waals surface area contributed by atoms with E-state index < -0.39 is 6.10 Å². The standard InChI is InChI=1S/C9H13BrN2O2/c1-6(13)4-11-9(14)8-3-7(10)5-12(8)2/h3,5-6,13H,4H2,1-2H3,(H,11,14). The number of carbonyl (C=O) groups is 1. The van der Waals surface area contributed by atoms with Crippen molar-refractivity contribution in [1.82, 2.24) is 9.88 Å². The highest BCUT2D eigenvalue weighted by molar-refractivity contribution is 9.10. The number of carbonyl (C=O) groups excluding carboxylic acids is 1. The third-order valence-electron chi connectivity index (χ3n) is 1.76. The maximum atomic E-state index is 11.5. The van der Waals surface area contributed by atoms with Crippen molar-refractivity contribution in [1.29, 1.82) is 0 Å². The molecule has 0 radical (unpaired) electrons. The number of rotatable bonds is 3. The molecule has 1 aromatic rings. The second-order valence-corrected chi connectivity index (χ2v) is 4.13. The summed E-state index contributed by atoms with van der Waals surface area (Å²) in [6, 6.07) is 1.73. The highest BCUT2D eigenvalue weighted by Crippen LogP contribution is 2.13. The predicted molar refractivity (Wildman–Crippen MR) is 57.1 cm³/mol. The van der Waals surface area contributed by atoms with E-state index in [1.165, 1.54) is 0 Å². The van der Waals surface area contributed by atoms with Gasteiger partial charge in [-0.2, -0.15) is 0 Å². The monoisotopic (exact) mass is 260 g/mol. The van der Waals surface area contributed by atoms with Crippen molar-refractivity contribution in [2.24, 2.45) is 7.05 Å². The number of aliphatic hydroxyl groups is 1. The normalized spacial score (nSPS) is 12.6. The Morgan fingerprint density at radius 3 is 2.86 bits per heavy atom. The van der Waals surface area contributed by atoms with Gasteiger partial charge in [-0.15, -0.1) is 0 Å². The molecule has 0 aromatic carbocycles. The number of aliphatic hydroxyl groups excluding tert-OH is 1. The van der Waals surface area contributed by atoms with Gasteiger partial charge in [0.25, 0.3) is 5.91 Å². The summed E-state index contributed by atoms with van der Waals surface area (Å²) in [6.07, 6.45) is 1.28. The van der Waals surface area contributed by atoms with Crippen molar-refractivity contribution < 1.29 is 9.90 Å². The minimum atomic E-state index is -0.525. The maximum absolute atomic E-state index is 11.5. The Hall–Kier alpha value is -0.810. The molecule has 0 aliphatic heterocycles. The molecule has 1 amide bonds. The molecule has 0 aliphatic rings. The van der Waals surface area contributed by atoms with E-state index in [-0.39, 0.29) is 12.5 Å². The molecule has 2 N–H and O–H groups in total. The van der Waals surface area contributed by atoms with Crippen LogP contribution in [0, 0.1) is 0 Å². The number of amides is 1. The van der Waals surface area contributed by atoms with Crippen LogP contribution in [0.25, 0.3) is 0 Å². The lowest BCUT2D eigenvalue weighted by Gasteiger charge is -2.07. The van der Waals surface area contributed by atoms with Crippen molar-refractivity contribution >= 4 is 21.8 Å². The van der Waals surface area contributed by atoms with Crippen LogP contribution in [0.1, 0.15) is 17.4 Å². The fourth-order valence-electron chi connectivity index (χ4n) is 1.08. The Balaban J connectivity index is 2.65. The summed E-state index contributed by atoms with van der Waals surface area (Å²) in [5, 5.41) is 11.6. The molecular formula is C9H13BrN2O2. The summed E-state index contributed by atoms with van der Waals surface area (Å²) < 4.78 is 2.59. The van der Waals surface area contributed by atoms with Crippen molar-refractivity contribution in [3.63, 3.8) is 0 Å². The van der Waals surface area contributed by atoms with E-state index >= 15 is 0 Å². The molecule has 0 saturated heterocycles. The summed E-state index contributed by atoms with van der Waals surface area (Å²) >= 11 is 3.28. The van der Waals surface area contributed by atoms with E-state index in [4.69, 9.17) is 5.11 Å². The maximum Gasteiger partial charge on any atom is 0.268 e. The molecule has 1 heterocycles. The number of halogens is 1. The van der Waals surface area contributed by atoms with Gasteiger partial charge in [-0.25, -0.2) is 0 Å². The molecule has 14 heavy (non-hydrogen) atoms. The van der Waals surface area contributed by atoms with Crippen LogP contribution in [-0.4, -0.2) is 28.2 Å². The molecule has 1 rings (SSSR count). The van der Waals surface area contributed by atoms with Crippen molar-refractivity contribution in [3.05, 3.63) is 22.4 Å². The molecule has 4 nitrogen and oxygen atoms in total. The first-order chi connectivity index (χ1) is 6.50. The van der Waals surface area contributed by atoms with Crippen molar-refractivity contribution in [2.45, 2.75) is 13.0 Å². The van der Waals surface area contributed by atoms with E-state index in [0.717, 1.165) is 4.47 Å². The molecule has 0 fully saturated rings. The van der Waals surface area contributed by atoms with Gasteiger partial charge in [0.1, 0.15) is 5.69 Å². The number of hydrogen-bond donors (Lipinski definition) is 2. The second kappa shape index (κ2) is 4.61. The Kier molecular flexibility index (Phi) is 3.71. The molecule has 0 aliphatic carbocycles. The summed E-state index contributed by atoms with van der Waals surface area (Å²) in [5.74, 6) is -0.181. The highest BCUT2D eigenvalue weighted by atomic mass is 79.9. The number of nitrogens with zero attached hydrogens (tertiary/aromatic N) is 1. The van der Waals surface area contributed by atoms with E-state index in [1.54, 1.807) is 30.8 Å². The molecule has 5 heteroatoms. The molecule has 1 atom stereocenters. The van der Waals surface area contributed by atoms with Crippen LogP contribution in [-0.2, 0) is 7.05 Å². The molecule has 0 saturated carbocycles. The minimum Gasteiger partial charge on any atom is -0.392 e. The van der Waals surface area contributed by atoms with Gasteiger partial charge < -0.3 is 15.0 Å². The highest BCUT2D eigenvalue weighted by Gasteiger charge is 2.10. The fraction of sp³-hybridized carbons (Fsp3) is 0.444. The first-order valence-corrected chi connectivity index (χ1v) is 5.08. The summed E-state index contributed by atoms with van der Waals surface area (Å²) in [4.78, 5) is 11.5. The number of aryl methyl sites for hydroxylation is 1. The van der Waals surface area contributed by atoms with Crippen LogP contribution in [0.2, 0.25) is 0 Å². The Morgan fingerprint density at radius 2 is 2.43 bits per heavy atom. The Labute approximate surface area is 91.0 Å². The first kappa shape index (κ1) is 11.3. The van der Waals surface area contributed by atoms with Gasteiger partial charge in [0.2, 0.25) is 0 Å². The summed E-state index contributed by atoms with van der Waals surface area (Å²) in [6.45, 7) is 1.89. The van der Waals surface area contributed by atoms with Gasteiger partial charge in [-0.05, 0) is 28.9 Å². The summed E-state index contributed by atoms with van der Waals surface area (Å²) in [5.41, 5.74) is 0.567. The second-order valence-electron chi connectivity index (χ2n) is 3.21. The van der Waals surface area contributed by atoms with Crippen LogP contribution in [0.3, 0.4) is 0 Å². The van der Waals surface area contributed by atoms with Gasteiger partial charge in [0, 0.05) is 24.3 Å². The van der Waals surface area contributed by atoms with Gasteiger partial charge in [0.15, 0.2) is 0 Å². The van der Waals surface area contributed by atoms with Crippen LogP contribution < -0.4 is 5.32 Å². The Bertz CT molecular complexity index is 334. The van der Waals surface area contributed by atoms with Crippen molar-refractivity contribution in [3.8, 4) is 0 Å². The molecule has 1 unspecified atom stereocenters. The van der Waals surface area contributed by atoms with Crippen LogP contribution >= 0.6 is 15.9 Å². The van der Waals surface area contributed by atoms with Crippen LogP contribution in [0.15, 0.2) is 16.7 Å². The lowest BCUT2D eigenvalue weighted by Crippen LogP contribution is -2.31. The predicted octanol–water partition coefficient (Wildman–Crippen LogP) is 0.898.